The van der Waals surface area contributed by atoms with Crippen LogP contribution in [-0.4, -0.2) is 32.3 Å². The Kier molecular flexibility index (Phi) is 3.97. The smallest absolute Gasteiger partial charge is 0.269 e. The molecule has 7 heteroatoms. The molecule has 0 aliphatic carbocycles. The van der Waals surface area contributed by atoms with E-state index in [1.807, 2.05) is 30.3 Å². The van der Waals surface area contributed by atoms with Gasteiger partial charge in [0.05, 0.1) is 5.92 Å². The SMILES string of the molecule is CC(=O)CC(C(=O)Nc1nn[nH]n1)c1ccccc1. The Hall–Kier alpha value is -2.57. The van der Waals surface area contributed by atoms with E-state index in [2.05, 4.69) is 25.9 Å². The van der Waals surface area contributed by atoms with E-state index in [9.17, 15) is 9.59 Å². The average molecular weight is 259 g/mol. The lowest BCUT2D eigenvalue weighted by molar-refractivity contribution is -0.123. The summed E-state index contributed by atoms with van der Waals surface area (Å²) in [6.45, 7) is 1.46. The van der Waals surface area contributed by atoms with Crippen molar-refractivity contribution in [2.24, 2.45) is 0 Å². The van der Waals surface area contributed by atoms with Gasteiger partial charge >= 0.3 is 0 Å². The molecule has 1 atom stereocenters. The van der Waals surface area contributed by atoms with Crippen LogP contribution >= 0.6 is 0 Å². The number of anilines is 1. The molecule has 1 aromatic heterocycles. The van der Waals surface area contributed by atoms with Crippen LogP contribution in [-0.2, 0) is 9.59 Å². The molecule has 0 saturated heterocycles. The third-order valence-corrected chi connectivity index (χ3v) is 2.59. The summed E-state index contributed by atoms with van der Waals surface area (Å²) in [5.74, 6) is -0.855. The van der Waals surface area contributed by atoms with Crippen LogP contribution in [0, 0.1) is 0 Å². The molecule has 2 rings (SSSR count). The molecule has 0 radical (unpaired) electrons. The molecule has 0 aliphatic heterocycles. The standard InChI is InChI=1S/C12H13N5O2/c1-8(18)7-10(9-5-3-2-4-6-9)11(19)13-12-14-16-17-15-12/h2-6,10H,7H2,1H3,(H2,13,14,15,16,17,19). The summed E-state index contributed by atoms with van der Waals surface area (Å²) < 4.78 is 0. The molecule has 2 aromatic rings. The van der Waals surface area contributed by atoms with E-state index in [4.69, 9.17) is 0 Å². The van der Waals surface area contributed by atoms with Crippen molar-refractivity contribution >= 4 is 17.6 Å². The van der Waals surface area contributed by atoms with Gasteiger partial charge in [-0.05, 0) is 17.7 Å². The Bertz CT molecular complexity index is 553. The van der Waals surface area contributed by atoms with E-state index >= 15 is 0 Å². The van der Waals surface area contributed by atoms with Gasteiger partial charge in [0, 0.05) is 6.42 Å². The molecule has 0 spiro atoms. The summed E-state index contributed by atoms with van der Waals surface area (Å²) >= 11 is 0. The largest absolute Gasteiger partial charge is 0.300 e. The van der Waals surface area contributed by atoms with Crippen molar-refractivity contribution in [3.8, 4) is 0 Å². The quantitative estimate of drug-likeness (QED) is 0.830. The number of ketones is 1. The molecule has 0 aliphatic rings. The van der Waals surface area contributed by atoms with Crippen LogP contribution in [0.3, 0.4) is 0 Å². The van der Waals surface area contributed by atoms with Crippen LogP contribution in [0.1, 0.15) is 24.8 Å². The second kappa shape index (κ2) is 5.85. The second-order valence-electron chi connectivity index (χ2n) is 4.09. The predicted molar refractivity (Wildman–Crippen MR) is 67.3 cm³/mol. The first-order chi connectivity index (χ1) is 9.16. The molecule has 1 aromatic carbocycles. The molecule has 1 amide bonds. The van der Waals surface area contributed by atoms with E-state index in [1.54, 1.807) is 0 Å². The summed E-state index contributed by atoms with van der Waals surface area (Å²) in [6, 6.07) is 9.12. The van der Waals surface area contributed by atoms with Gasteiger partial charge in [-0.15, -0.1) is 5.10 Å². The molecular formula is C12H13N5O2. The topological polar surface area (TPSA) is 101 Å². The van der Waals surface area contributed by atoms with Gasteiger partial charge in [0.1, 0.15) is 5.78 Å². The van der Waals surface area contributed by atoms with Crippen LogP contribution in [0.5, 0.6) is 0 Å². The number of hydrogen-bond acceptors (Lipinski definition) is 5. The lowest BCUT2D eigenvalue weighted by atomic mass is 9.93. The van der Waals surface area contributed by atoms with Crippen LogP contribution in [0.4, 0.5) is 5.95 Å². The molecule has 2 N–H and O–H groups in total. The third kappa shape index (κ3) is 3.44. The van der Waals surface area contributed by atoms with E-state index in [1.165, 1.54) is 6.92 Å². The number of hydrogen-bond donors (Lipinski definition) is 2. The zero-order valence-corrected chi connectivity index (χ0v) is 10.3. The maximum atomic E-state index is 12.2. The molecule has 0 fully saturated rings. The minimum absolute atomic E-state index is 0.0582. The van der Waals surface area contributed by atoms with Crippen LogP contribution in [0.15, 0.2) is 30.3 Å². The van der Waals surface area contributed by atoms with Crippen molar-refractivity contribution in [2.45, 2.75) is 19.3 Å². The number of nitrogens with one attached hydrogen (secondary N) is 2. The summed E-state index contributed by atoms with van der Waals surface area (Å²) in [5.41, 5.74) is 0.777. The van der Waals surface area contributed by atoms with Crippen molar-refractivity contribution in [1.82, 2.24) is 20.6 Å². The van der Waals surface area contributed by atoms with Crippen LogP contribution < -0.4 is 5.32 Å². The van der Waals surface area contributed by atoms with Gasteiger partial charge in [-0.3, -0.25) is 14.9 Å². The number of rotatable bonds is 5. The minimum Gasteiger partial charge on any atom is -0.300 e. The number of nitrogens with zero attached hydrogens (tertiary/aromatic N) is 3. The molecule has 98 valence electrons. The Labute approximate surface area is 109 Å². The Morgan fingerprint density at radius 1 is 1.32 bits per heavy atom. The normalized spacial score (nSPS) is 11.8. The number of amides is 1. The maximum Gasteiger partial charge on any atom is 0.269 e. The van der Waals surface area contributed by atoms with Gasteiger partial charge in [0.25, 0.3) is 5.95 Å². The van der Waals surface area contributed by atoms with Crippen molar-refractivity contribution in [1.29, 1.82) is 0 Å². The first-order valence-electron chi connectivity index (χ1n) is 5.75. The summed E-state index contributed by atoms with van der Waals surface area (Å²) in [5, 5.41) is 15.4. The molecule has 1 heterocycles. The first kappa shape index (κ1) is 12.9. The maximum absolute atomic E-state index is 12.2. The monoisotopic (exact) mass is 259 g/mol. The Morgan fingerprint density at radius 2 is 2.05 bits per heavy atom. The number of carbonyl (C=O) groups is 2. The van der Waals surface area contributed by atoms with Gasteiger partial charge in [0.2, 0.25) is 5.91 Å². The lowest BCUT2D eigenvalue weighted by Crippen LogP contribution is -2.23. The van der Waals surface area contributed by atoms with Gasteiger partial charge in [0.15, 0.2) is 0 Å². The number of benzene rings is 1. The van der Waals surface area contributed by atoms with Crippen LogP contribution in [0.2, 0.25) is 0 Å². The average Bonchev–Trinajstić information content (AvgIpc) is 2.89. The lowest BCUT2D eigenvalue weighted by Gasteiger charge is -2.14. The van der Waals surface area contributed by atoms with Gasteiger partial charge in [-0.2, -0.15) is 5.21 Å². The Balaban J connectivity index is 2.18. The molecule has 1 unspecified atom stereocenters. The summed E-state index contributed by atoms with van der Waals surface area (Å²) in [7, 11) is 0. The number of Topliss-reactive ketones (excluding diaryl/α,β-unsaturated/α-hetero) is 1. The number of tetrazole rings is 1. The molecule has 19 heavy (non-hydrogen) atoms. The predicted octanol–water partition coefficient (Wildman–Crippen LogP) is 0.901. The van der Waals surface area contributed by atoms with Gasteiger partial charge < -0.3 is 0 Å². The highest BCUT2D eigenvalue weighted by molar-refractivity contribution is 5.97. The number of H-pyrrole nitrogens is 1. The van der Waals surface area contributed by atoms with Gasteiger partial charge in [-0.1, -0.05) is 35.4 Å². The number of aromatic amines is 1. The van der Waals surface area contributed by atoms with Gasteiger partial charge in [-0.25, -0.2) is 0 Å². The van der Waals surface area contributed by atoms with E-state index in [0.717, 1.165) is 5.56 Å². The summed E-state index contributed by atoms with van der Waals surface area (Å²) in [4.78, 5) is 23.5. The highest BCUT2D eigenvalue weighted by Gasteiger charge is 2.23. The van der Waals surface area contributed by atoms with Crippen molar-refractivity contribution in [2.75, 3.05) is 5.32 Å². The first-order valence-corrected chi connectivity index (χ1v) is 5.75. The van der Waals surface area contributed by atoms with Crippen molar-refractivity contribution in [3.63, 3.8) is 0 Å². The fourth-order valence-electron chi connectivity index (χ4n) is 1.75. The van der Waals surface area contributed by atoms with Crippen LogP contribution in [0.25, 0.3) is 0 Å². The minimum atomic E-state index is -0.558. The molecule has 7 nitrogen and oxygen atoms in total. The van der Waals surface area contributed by atoms with Crippen molar-refractivity contribution < 1.29 is 9.59 Å². The highest BCUT2D eigenvalue weighted by Crippen LogP contribution is 2.21. The fourth-order valence-corrected chi connectivity index (χ4v) is 1.75. The van der Waals surface area contributed by atoms with Crippen molar-refractivity contribution in [3.05, 3.63) is 35.9 Å². The Morgan fingerprint density at radius 3 is 2.63 bits per heavy atom. The van der Waals surface area contributed by atoms with E-state index in [-0.39, 0.29) is 24.1 Å². The fraction of sp³-hybridized carbons (Fsp3) is 0.250. The second-order valence-corrected chi connectivity index (χ2v) is 4.09. The summed E-state index contributed by atoms with van der Waals surface area (Å²) in [6.07, 6.45) is 0.133. The zero-order chi connectivity index (χ0) is 13.7. The van der Waals surface area contributed by atoms with E-state index < -0.39 is 5.92 Å². The molecule has 0 bridgehead atoms. The van der Waals surface area contributed by atoms with E-state index in [0.29, 0.717) is 0 Å². The highest BCUT2D eigenvalue weighted by atomic mass is 16.2. The number of carbonyl (C=O) groups excluding carboxylic acids is 2. The number of aromatic nitrogens is 4. The zero-order valence-electron chi connectivity index (χ0n) is 10.3. The molecular weight excluding hydrogens is 246 g/mol. The molecule has 0 saturated carbocycles. The third-order valence-electron chi connectivity index (χ3n) is 2.59.